The number of rotatable bonds is 5. The molecule has 4 aliphatic rings. The van der Waals surface area contributed by atoms with Crippen molar-refractivity contribution in [1.82, 2.24) is 14.7 Å². The lowest BCUT2D eigenvalue weighted by atomic mass is 9.51. The third-order valence-corrected chi connectivity index (χ3v) is 13.4. The number of thiophene rings is 1. The molecule has 0 spiro atoms. The Balaban J connectivity index is 1.26. The Bertz CT molecular complexity index is 2170. The Morgan fingerprint density at radius 3 is 2.59 bits per heavy atom. The van der Waals surface area contributed by atoms with E-state index in [0.717, 1.165) is 26.1 Å². The summed E-state index contributed by atoms with van der Waals surface area (Å²) in [6.45, 7) is 6.11. The molecule has 0 radical (unpaired) electrons. The van der Waals surface area contributed by atoms with Crippen LogP contribution in [0.15, 0.2) is 58.6 Å². The zero-order valence-electron chi connectivity index (χ0n) is 27.4. The van der Waals surface area contributed by atoms with Crippen LogP contribution in [-0.2, 0) is 26.2 Å². The van der Waals surface area contributed by atoms with Crippen molar-refractivity contribution < 1.29 is 24.3 Å². The van der Waals surface area contributed by atoms with Crippen molar-refractivity contribution in [2.75, 3.05) is 11.4 Å². The molecule has 4 heterocycles. The molecule has 8 rings (SSSR count). The van der Waals surface area contributed by atoms with Crippen molar-refractivity contribution in [2.45, 2.75) is 46.0 Å². The maximum atomic E-state index is 15.0. The topological polar surface area (TPSA) is 113 Å². The second-order valence-electron chi connectivity index (χ2n) is 13.9. The van der Waals surface area contributed by atoms with E-state index in [4.69, 9.17) is 16.7 Å². The number of aromatic hydroxyl groups is 1. The van der Waals surface area contributed by atoms with Crippen LogP contribution >= 0.6 is 38.9 Å². The fourth-order valence-electron chi connectivity index (χ4n) is 9.06. The van der Waals surface area contributed by atoms with Gasteiger partial charge in [0.25, 0.3) is 0 Å². The second-order valence-corrected chi connectivity index (χ2v) is 16.3. The number of phenolic OH excluding ortho intramolecular Hbond substituents is 1. The molecule has 6 atom stereocenters. The minimum atomic E-state index is -1.28. The standard InChI is InChI=1S/C37H34BrClN4O5S/c1-5-12-42-33(45)21-9-8-20-23(30(21)35(42)47)15-25-34(46)43(36(48)37(25,3)31(20)24-13-18(38)6-10-27(24)44)29-16-26(40-41(29)4)32-17(2)22-14-19(39)7-11-28(22)49-32/h6-8,10-11,13-14,16,21,23,25,30-31,44H,5,9,12,15H2,1-4H3. The number of aryl methyl sites for hydroxylation is 2. The van der Waals surface area contributed by atoms with Gasteiger partial charge in [0.15, 0.2) is 0 Å². The normalized spacial score (nSPS) is 28.0. The van der Waals surface area contributed by atoms with Gasteiger partial charge in [0.1, 0.15) is 17.3 Å². The Morgan fingerprint density at radius 2 is 1.84 bits per heavy atom. The summed E-state index contributed by atoms with van der Waals surface area (Å²) >= 11 is 11.4. The Morgan fingerprint density at radius 1 is 1.06 bits per heavy atom. The molecule has 252 valence electrons. The molecule has 6 unspecified atom stereocenters. The van der Waals surface area contributed by atoms with Crippen molar-refractivity contribution in [1.29, 1.82) is 0 Å². The van der Waals surface area contributed by atoms with Gasteiger partial charge in [-0.2, -0.15) is 5.10 Å². The number of hydrogen-bond acceptors (Lipinski definition) is 7. The van der Waals surface area contributed by atoms with Crippen LogP contribution in [0.2, 0.25) is 5.02 Å². The van der Waals surface area contributed by atoms with E-state index in [1.807, 2.05) is 45.0 Å². The number of imide groups is 2. The molecule has 2 aromatic heterocycles. The van der Waals surface area contributed by atoms with E-state index in [1.165, 1.54) is 9.80 Å². The van der Waals surface area contributed by atoms with Gasteiger partial charge in [-0.15, -0.1) is 11.3 Å². The maximum absolute atomic E-state index is 15.0. The molecular weight excluding hydrogens is 728 g/mol. The molecule has 2 saturated heterocycles. The first-order valence-corrected chi connectivity index (χ1v) is 18.5. The van der Waals surface area contributed by atoms with Gasteiger partial charge in [0.05, 0.1) is 28.0 Å². The van der Waals surface area contributed by atoms with Gasteiger partial charge >= 0.3 is 0 Å². The lowest BCUT2D eigenvalue weighted by Gasteiger charge is -2.49. The van der Waals surface area contributed by atoms with Gasteiger partial charge in [-0.1, -0.05) is 46.1 Å². The first-order valence-electron chi connectivity index (χ1n) is 16.5. The third-order valence-electron chi connectivity index (χ3n) is 11.3. The number of hydrogen-bond donors (Lipinski definition) is 1. The summed E-state index contributed by atoms with van der Waals surface area (Å²) in [5.74, 6) is -3.86. The molecular formula is C37H34BrClN4O5S. The van der Waals surface area contributed by atoms with E-state index in [0.29, 0.717) is 46.0 Å². The smallest absolute Gasteiger partial charge is 0.242 e. The number of carbonyl (C=O) groups excluding carboxylic acids is 4. The molecule has 1 saturated carbocycles. The van der Waals surface area contributed by atoms with Crippen LogP contribution < -0.4 is 4.90 Å². The number of allylic oxidation sites excluding steroid dienone is 2. The first-order chi connectivity index (χ1) is 23.4. The predicted octanol–water partition coefficient (Wildman–Crippen LogP) is 7.37. The summed E-state index contributed by atoms with van der Waals surface area (Å²) in [4.78, 5) is 60.6. The number of anilines is 1. The highest BCUT2D eigenvalue weighted by atomic mass is 79.9. The number of phenols is 1. The summed E-state index contributed by atoms with van der Waals surface area (Å²) in [7, 11) is 1.72. The van der Waals surface area contributed by atoms with E-state index in [9.17, 15) is 24.3 Å². The van der Waals surface area contributed by atoms with E-state index < -0.39 is 35.0 Å². The third kappa shape index (κ3) is 4.50. The fraction of sp³-hybridized carbons (Fsp3) is 0.378. The monoisotopic (exact) mass is 760 g/mol. The summed E-state index contributed by atoms with van der Waals surface area (Å²) in [5, 5.41) is 17.7. The fourth-order valence-corrected chi connectivity index (χ4v) is 10.8. The maximum Gasteiger partial charge on any atom is 0.242 e. The van der Waals surface area contributed by atoms with Gasteiger partial charge in [0.2, 0.25) is 23.6 Å². The highest BCUT2D eigenvalue weighted by molar-refractivity contribution is 9.10. The van der Waals surface area contributed by atoms with E-state index in [2.05, 4.69) is 15.9 Å². The zero-order valence-corrected chi connectivity index (χ0v) is 30.5. The summed E-state index contributed by atoms with van der Waals surface area (Å²) in [6, 6.07) is 12.6. The van der Waals surface area contributed by atoms with Crippen LogP contribution in [0, 0.1) is 36.0 Å². The molecule has 4 aromatic rings. The van der Waals surface area contributed by atoms with Gasteiger partial charge in [-0.25, -0.2) is 4.90 Å². The van der Waals surface area contributed by atoms with E-state index >= 15 is 0 Å². The van der Waals surface area contributed by atoms with Crippen molar-refractivity contribution in [2.24, 2.45) is 36.1 Å². The summed E-state index contributed by atoms with van der Waals surface area (Å²) < 4.78 is 3.33. The molecule has 4 amide bonds. The average Bonchev–Trinajstić information content (AvgIpc) is 3.73. The number of benzene rings is 2. The van der Waals surface area contributed by atoms with Crippen molar-refractivity contribution in [3.63, 3.8) is 0 Å². The van der Waals surface area contributed by atoms with E-state index in [-0.39, 0.29) is 35.8 Å². The van der Waals surface area contributed by atoms with Crippen molar-refractivity contribution in [3.8, 4) is 16.3 Å². The summed E-state index contributed by atoms with van der Waals surface area (Å²) in [6.07, 6.45) is 3.26. The lowest BCUT2D eigenvalue weighted by molar-refractivity contribution is -0.140. The number of halogens is 2. The highest BCUT2D eigenvalue weighted by Crippen LogP contribution is 2.64. The van der Waals surface area contributed by atoms with Crippen molar-refractivity contribution in [3.05, 3.63) is 74.7 Å². The number of aromatic nitrogens is 2. The van der Waals surface area contributed by atoms with Gasteiger partial charge in [-0.05, 0) is 86.4 Å². The molecule has 0 bridgehead atoms. The number of likely N-dealkylation sites (tertiary alicyclic amines) is 1. The van der Waals surface area contributed by atoms with Crippen LogP contribution in [0.1, 0.15) is 50.2 Å². The lowest BCUT2D eigenvalue weighted by Crippen LogP contribution is -2.49. The second kappa shape index (κ2) is 11.4. The van der Waals surface area contributed by atoms with Gasteiger partial charge in [-0.3, -0.25) is 28.8 Å². The molecule has 2 aromatic carbocycles. The number of amides is 4. The van der Waals surface area contributed by atoms with Crippen LogP contribution in [0.3, 0.4) is 0 Å². The Kier molecular flexibility index (Phi) is 7.52. The zero-order chi connectivity index (χ0) is 34.7. The number of carbonyl (C=O) groups is 4. The number of nitrogens with zero attached hydrogens (tertiary/aromatic N) is 4. The average molecular weight is 762 g/mol. The largest absolute Gasteiger partial charge is 0.508 e. The van der Waals surface area contributed by atoms with Crippen molar-refractivity contribution >= 4 is 78.4 Å². The highest BCUT2D eigenvalue weighted by Gasteiger charge is 2.68. The SMILES string of the molecule is CCCN1C(=O)C2CC=C3C(CC4C(=O)N(c5cc(-c6sc7ccc(Cl)cc7c6C)nn5C)C(=O)C4(C)C3c3cc(Br)ccc3O)C2C1=O. The molecule has 49 heavy (non-hydrogen) atoms. The quantitative estimate of drug-likeness (QED) is 0.168. The van der Waals surface area contributed by atoms with Crippen LogP contribution in [0.25, 0.3) is 20.7 Å². The molecule has 9 nitrogen and oxygen atoms in total. The molecule has 3 fully saturated rings. The summed E-state index contributed by atoms with van der Waals surface area (Å²) in [5.41, 5.74) is 1.70. The van der Waals surface area contributed by atoms with Gasteiger partial charge in [0, 0.05) is 45.3 Å². The Labute approximate surface area is 300 Å². The molecule has 1 N–H and O–H groups in total. The minimum Gasteiger partial charge on any atom is -0.508 e. The molecule has 12 heteroatoms. The number of fused-ring (bicyclic) bond motifs is 5. The van der Waals surface area contributed by atoms with Crippen LogP contribution in [0.4, 0.5) is 5.82 Å². The molecule has 2 aliphatic heterocycles. The minimum absolute atomic E-state index is 0.000131. The first kappa shape index (κ1) is 32.4. The van der Waals surface area contributed by atoms with Crippen LogP contribution in [-0.4, -0.2) is 50.0 Å². The predicted molar refractivity (Wildman–Crippen MR) is 191 cm³/mol. The molecule has 2 aliphatic carbocycles. The Hall–Kier alpha value is -3.80. The van der Waals surface area contributed by atoms with E-state index in [1.54, 1.807) is 47.3 Å². The van der Waals surface area contributed by atoms with Crippen LogP contribution in [0.5, 0.6) is 5.75 Å². The van der Waals surface area contributed by atoms with Gasteiger partial charge < -0.3 is 5.11 Å².